The fourth-order valence-corrected chi connectivity index (χ4v) is 23.8. The second-order valence-electron chi connectivity index (χ2n) is 31.4. The van der Waals surface area contributed by atoms with Crippen molar-refractivity contribution in [3.05, 3.63) is 307 Å². The van der Waals surface area contributed by atoms with Crippen molar-refractivity contribution in [2.45, 2.75) is 147 Å². The fraction of sp³-hybridized carbons (Fsp3) is 0.215. The Bertz CT molecular complexity index is 5140. The summed E-state index contributed by atoms with van der Waals surface area (Å²) in [5, 5.41) is 0. The predicted octanol–water partition coefficient (Wildman–Crippen LogP) is 23.4. The van der Waals surface area contributed by atoms with E-state index in [4.69, 9.17) is 5.87 Å². The number of anilines is 8. The Kier molecular flexibility index (Phi) is 13.6. The quantitative estimate of drug-likeness (QED) is 0.111. The fourth-order valence-electron chi connectivity index (χ4n) is 19.2. The van der Waals surface area contributed by atoms with Crippen LogP contribution in [0.15, 0.2) is 299 Å². The van der Waals surface area contributed by atoms with Gasteiger partial charge in [0.2, 0.25) is 0 Å². The molecule has 5 aliphatic heterocycles. The van der Waals surface area contributed by atoms with Gasteiger partial charge in [0, 0.05) is 50.8 Å². The van der Waals surface area contributed by atoms with Crippen LogP contribution in [0, 0.1) is 0 Å². The van der Waals surface area contributed by atoms with Gasteiger partial charge < -0.3 is 14.7 Å². The summed E-state index contributed by atoms with van der Waals surface area (Å²) in [6, 6.07) is 109. The molecule has 1 saturated carbocycles. The van der Waals surface area contributed by atoms with Crippen molar-refractivity contribution >= 4 is 83.2 Å². The molecule has 0 amide bonds. The molecule has 4 unspecified atom stereocenters. The summed E-state index contributed by atoms with van der Waals surface area (Å²) in [4.78, 5) is 13.3. The van der Waals surface area contributed by atoms with Crippen molar-refractivity contribution in [2.24, 2.45) is 0 Å². The SMILES string of the molecule is C=S(c1ccccc1)(c1ccccc1)(c1ccccc1)c1ccc2c(c1)C1(C)CCCCC1(C)N2c1cc2c3c(c1)N1c4cc5c(cc4B3c3ccc(-c4ccccc4)cc3N2c2cccc(-c3ccccc3)c2)C(C)(C)CCC5C(C)c2ccc(cc2)-c2cc(C(C)(C)C)ccc21. The minimum atomic E-state index is -3.32. The van der Waals surface area contributed by atoms with Gasteiger partial charge in [0.05, 0.1) is 11.2 Å². The molecule has 482 valence electrons. The van der Waals surface area contributed by atoms with E-state index < -0.39 is 8.75 Å². The zero-order chi connectivity index (χ0) is 66.7. The monoisotopic (exact) mass is 1290 g/mol. The Labute approximate surface area is 581 Å². The van der Waals surface area contributed by atoms with Crippen molar-refractivity contribution in [2.75, 3.05) is 14.7 Å². The molecule has 0 N–H and O–H groups in total. The Hall–Kier alpha value is -9.68. The van der Waals surface area contributed by atoms with Gasteiger partial charge in [0.25, 0.3) is 6.71 Å². The van der Waals surface area contributed by atoms with Crippen molar-refractivity contribution < 1.29 is 0 Å². The molecule has 3 nitrogen and oxygen atoms in total. The van der Waals surface area contributed by atoms with Gasteiger partial charge >= 0.3 is 0 Å². The summed E-state index contributed by atoms with van der Waals surface area (Å²) in [6.45, 7) is 19.8. The molecule has 19 rings (SSSR count). The largest absolute Gasteiger partial charge is 0.334 e. The minimum absolute atomic E-state index is 0.0408. The van der Waals surface area contributed by atoms with E-state index in [0.717, 1.165) is 44.2 Å². The average Bonchev–Trinajstić information content (AvgIpc) is 1.23. The predicted molar refractivity (Wildman–Crippen MR) is 419 cm³/mol. The van der Waals surface area contributed by atoms with Crippen LogP contribution in [0.5, 0.6) is 0 Å². The molecule has 2 aliphatic carbocycles. The summed E-state index contributed by atoms with van der Waals surface area (Å²) < 4.78 is 0. The van der Waals surface area contributed by atoms with Crippen LogP contribution in [0.2, 0.25) is 0 Å². The van der Waals surface area contributed by atoms with E-state index in [1.807, 2.05) is 0 Å². The third-order valence-corrected chi connectivity index (χ3v) is 30.1. The summed E-state index contributed by atoms with van der Waals surface area (Å²) in [5.41, 5.74) is 27.6. The van der Waals surface area contributed by atoms with E-state index in [-0.39, 0.29) is 28.5 Å². The molecular weight excluding hydrogens is 1200 g/mol. The molecule has 0 radical (unpaired) electrons. The summed E-state index contributed by atoms with van der Waals surface area (Å²) in [6.07, 6.45) is 6.68. The lowest BCUT2D eigenvalue weighted by Crippen LogP contribution is -2.62. The van der Waals surface area contributed by atoms with Crippen molar-refractivity contribution in [1.29, 1.82) is 0 Å². The first kappa shape index (κ1) is 60.7. The Morgan fingerprint density at radius 2 is 0.990 bits per heavy atom. The average molecular weight is 1290 g/mol. The molecule has 0 saturated heterocycles. The van der Waals surface area contributed by atoms with E-state index in [2.05, 4.69) is 349 Å². The van der Waals surface area contributed by atoms with Crippen LogP contribution in [0.1, 0.15) is 134 Å². The highest BCUT2D eigenvalue weighted by atomic mass is 32.3. The second kappa shape index (κ2) is 21.9. The van der Waals surface area contributed by atoms with Crippen LogP contribution in [-0.4, -0.2) is 18.1 Å². The van der Waals surface area contributed by atoms with Gasteiger partial charge in [-0.25, -0.2) is 0 Å². The van der Waals surface area contributed by atoms with Crippen LogP contribution in [0.3, 0.4) is 0 Å². The standard InChI is InChI=1S/C93H86BN3S/c1-62-63-40-42-66(43-41-63)77-56-69(90(2,3)4)45-48-83(77)96-86-60-78-76(62)50-53-91(5,6)79(78)61-82(86)94-81-47-44-68(65-30-17-11-18-31-65)55-85(81)95(70-33-27-32-67(54-70)64-28-15-10-16-29-64)87-57-71(58-88(96)89(87)94)97-84-49-46-75(59-80(84)92(7)51-25-26-52-93(92,97)8)98(9,72-34-19-12-20-35-72,73-36-21-13-22-37-73)74-38-23-14-24-39-74/h10-24,27-49,54-62,76H,9,25-26,50-53H2,1-8H3. The van der Waals surface area contributed by atoms with Crippen LogP contribution in [-0.2, 0) is 16.2 Å². The number of hydrogen-bond acceptors (Lipinski definition) is 3. The summed E-state index contributed by atoms with van der Waals surface area (Å²) >= 11 is 0. The maximum atomic E-state index is 5.75. The molecule has 12 aromatic carbocycles. The van der Waals surface area contributed by atoms with Crippen LogP contribution >= 0.6 is 8.75 Å². The minimum Gasteiger partial charge on any atom is -0.334 e. The van der Waals surface area contributed by atoms with E-state index >= 15 is 0 Å². The van der Waals surface area contributed by atoms with Gasteiger partial charge in [-0.2, -0.15) is 8.75 Å². The molecule has 5 heteroatoms. The normalized spacial score (nSPS) is 20.3. The molecule has 1 fully saturated rings. The van der Waals surface area contributed by atoms with Gasteiger partial charge in [0.1, 0.15) is 0 Å². The zero-order valence-corrected chi connectivity index (χ0v) is 58.8. The van der Waals surface area contributed by atoms with Gasteiger partial charge in [-0.3, -0.25) is 0 Å². The highest BCUT2D eigenvalue weighted by molar-refractivity contribution is 8.46. The van der Waals surface area contributed by atoms with Gasteiger partial charge in [0.15, 0.2) is 0 Å². The van der Waals surface area contributed by atoms with E-state index in [1.54, 1.807) is 0 Å². The number of benzene rings is 12. The van der Waals surface area contributed by atoms with E-state index in [1.165, 1.54) is 137 Å². The van der Waals surface area contributed by atoms with Gasteiger partial charge in [-0.05, 0) is 250 Å². The Morgan fingerprint density at radius 1 is 0.429 bits per heavy atom. The molecule has 4 bridgehead atoms. The smallest absolute Gasteiger partial charge is 0.252 e. The lowest BCUT2D eigenvalue weighted by atomic mass is 9.33. The Balaban J connectivity index is 0.978. The number of hydrogen-bond donors (Lipinski definition) is 0. The molecular formula is C93H86BN3S. The van der Waals surface area contributed by atoms with Crippen LogP contribution in [0.4, 0.5) is 45.5 Å². The molecule has 7 aliphatic rings. The lowest BCUT2D eigenvalue weighted by Gasteiger charge is -2.52. The topological polar surface area (TPSA) is 9.72 Å². The summed E-state index contributed by atoms with van der Waals surface area (Å²) in [7, 11) is -3.32. The maximum absolute atomic E-state index is 5.75. The molecule has 0 spiro atoms. The number of fused-ring (bicyclic) bond motifs is 8. The first-order chi connectivity index (χ1) is 47.4. The van der Waals surface area contributed by atoms with Gasteiger partial charge in [-0.1, -0.05) is 243 Å². The summed E-state index contributed by atoms with van der Waals surface area (Å²) in [5.74, 6) is 6.43. The second-order valence-corrected chi connectivity index (χ2v) is 35.7. The molecule has 12 aromatic rings. The van der Waals surface area contributed by atoms with Crippen LogP contribution in [0.25, 0.3) is 33.4 Å². The van der Waals surface area contributed by atoms with E-state index in [9.17, 15) is 0 Å². The molecule has 0 aromatic heterocycles. The molecule has 4 atom stereocenters. The first-order valence-electron chi connectivity index (χ1n) is 35.9. The maximum Gasteiger partial charge on any atom is 0.252 e. The van der Waals surface area contributed by atoms with E-state index in [0.29, 0.717) is 11.8 Å². The Morgan fingerprint density at radius 3 is 1.62 bits per heavy atom. The number of rotatable bonds is 8. The van der Waals surface area contributed by atoms with Crippen molar-refractivity contribution in [3.63, 3.8) is 0 Å². The van der Waals surface area contributed by atoms with Gasteiger partial charge in [-0.15, -0.1) is 0 Å². The zero-order valence-electron chi connectivity index (χ0n) is 58.0. The highest BCUT2D eigenvalue weighted by Crippen LogP contribution is 2.81. The van der Waals surface area contributed by atoms with Crippen molar-refractivity contribution in [3.8, 4) is 33.4 Å². The third-order valence-electron chi connectivity index (χ3n) is 24.9. The van der Waals surface area contributed by atoms with Crippen LogP contribution < -0.4 is 31.1 Å². The van der Waals surface area contributed by atoms with Crippen molar-refractivity contribution in [1.82, 2.24) is 0 Å². The molecule has 98 heavy (non-hydrogen) atoms. The first-order valence-corrected chi connectivity index (χ1v) is 38.1. The highest BCUT2D eigenvalue weighted by Gasteiger charge is 2.59. The number of nitrogens with zero attached hydrogens (tertiary/aromatic N) is 3. The molecule has 5 heterocycles. The lowest BCUT2D eigenvalue weighted by molar-refractivity contribution is 0.195. The third kappa shape index (κ3) is 8.66.